The molecule has 0 spiro atoms. The van der Waals surface area contributed by atoms with Crippen LogP contribution in [-0.4, -0.2) is 18.0 Å². The summed E-state index contributed by atoms with van der Waals surface area (Å²) in [5.41, 5.74) is -1.35. The minimum absolute atomic E-state index is 0.129. The second-order valence-corrected chi connectivity index (χ2v) is 8.86. The van der Waals surface area contributed by atoms with Gasteiger partial charge in [0.15, 0.2) is 0 Å². The van der Waals surface area contributed by atoms with E-state index in [1.807, 2.05) is 85.7 Å². The molecule has 4 heteroatoms. The summed E-state index contributed by atoms with van der Waals surface area (Å²) in [6.07, 6.45) is 1.61. The number of esters is 2. The van der Waals surface area contributed by atoms with Crippen molar-refractivity contribution in [3.63, 3.8) is 0 Å². The van der Waals surface area contributed by atoms with Gasteiger partial charge in [-0.05, 0) is 66.4 Å². The average Bonchev–Trinajstić information content (AvgIpc) is 2.61. The van der Waals surface area contributed by atoms with Gasteiger partial charge in [-0.25, -0.2) is 0 Å². The molecule has 0 saturated heterocycles. The van der Waals surface area contributed by atoms with E-state index in [1.54, 1.807) is 0 Å². The van der Waals surface area contributed by atoms with Gasteiger partial charge in [-0.3, -0.25) is 9.59 Å². The Kier molecular flexibility index (Phi) is 7.65. The lowest BCUT2D eigenvalue weighted by molar-refractivity contribution is -0.174. The maximum absolute atomic E-state index is 13.0. The van der Waals surface area contributed by atoms with Crippen LogP contribution in [0, 0.1) is 10.8 Å². The van der Waals surface area contributed by atoms with Crippen molar-refractivity contribution >= 4 is 11.9 Å². The molecule has 0 aliphatic heterocycles. The number of carbonyl (C=O) groups excluding carboxylic acids is 2. The first kappa shape index (κ1) is 23.2. The van der Waals surface area contributed by atoms with E-state index in [9.17, 15) is 9.59 Å². The molecule has 0 radical (unpaired) electrons. The van der Waals surface area contributed by atoms with Crippen molar-refractivity contribution in [3.05, 3.63) is 35.9 Å². The Bertz CT molecular complexity index is 633. The molecule has 152 valence electrons. The molecule has 0 heterocycles. The predicted octanol–water partition coefficient (Wildman–Crippen LogP) is 5.64. The van der Waals surface area contributed by atoms with E-state index in [1.165, 1.54) is 0 Å². The summed E-state index contributed by atoms with van der Waals surface area (Å²) in [5.74, 6) is -0.560. The topological polar surface area (TPSA) is 52.6 Å². The highest BCUT2D eigenvalue weighted by atomic mass is 16.6. The number of rotatable bonds is 9. The zero-order valence-electron chi connectivity index (χ0n) is 18.2. The van der Waals surface area contributed by atoms with Crippen LogP contribution in [0.2, 0.25) is 0 Å². The summed E-state index contributed by atoms with van der Waals surface area (Å²) in [7, 11) is 0. The fourth-order valence-electron chi connectivity index (χ4n) is 3.07. The second kappa shape index (κ2) is 8.90. The van der Waals surface area contributed by atoms with Crippen molar-refractivity contribution in [1.29, 1.82) is 0 Å². The maximum atomic E-state index is 13.0. The van der Waals surface area contributed by atoms with E-state index in [2.05, 4.69) is 0 Å². The molecule has 0 aliphatic rings. The van der Waals surface area contributed by atoms with E-state index in [-0.39, 0.29) is 18.0 Å². The van der Waals surface area contributed by atoms with E-state index < -0.39 is 16.4 Å². The van der Waals surface area contributed by atoms with Crippen LogP contribution < -0.4 is 0 Å². The largest absolute Gasteiger partial charge is 0.462 e. The Balaban J connectivity index is 2.93. The minimum Gasteiger partial charge on any atom is -0.462 e. The Morgan fingerprint density at radius 1 is 0.963 bits per heavy atom. The third-order valence-electron chi connectivity index (χ3n) is 5.36. The molecule has 1 aromatic rings. The van der Waals surface area contributed by atoms with Gasteiger partial charge in [0.2, 0.25) is 0 Å². The number of hydrogen-bond donors (Lipinski definition) is 0. The standard InChI is InChI=1S/C23H36O4/c1-9-17(3)26-20(25)23(8,10-2)16-21(4,5)19(24)27-22(6,7)18-14-12-11-13-15-18/h11-15,17H,9-10,16H2,1-8H3. The van der Waals surface area contributed by atoms with Gasteiger partial charge in [-0.15, -0.1) is 0 Å². The van der Waals surface area contributed by atoms with Crippen LogP contribution in [-0.2, 0) is 24.7 Å². The van der Waals surface area contributed by atoms with Gasteiger partial charge in [0.1, 0.15) is 5.60 Å². The smallest absolute Gasteiger partial charge is 0.312 e. The van der Waals surface area contributed by atoms with Gasteiger partial charge in [-0.1, -0.05) is 44.2 Å². The zero-order chi connectivity index (χ0) is 20.9. The Morgan fingerprint density at radius 2 is 1.52 bits per heavy atom. The highest BCUT2D eigenvalue weighted by Gasteiger charge is 2.44. The van der Waals surface area contributed by atoms with Gasteiger partial charge >= 0.3 is 11.9 Å². The van der Waals surface area contributed by atoms with Crippen LogP contribution >= 0.6 is 0 Å². The highest BCUT2D eigenvalue weighted by Crippen LogP contribution is 2.40. The fourth-order valence-corrected chi connectivity index (χ4v) is 3.07. The SMILES string of the molecule is CCC(C)OC(=O)C(C)(CC)CC(C)(C)C(=O)OC(C)(C)c1ccccc1. The number of carbonyl (C=O) groups is 2. The van der Waals surface area contributed by atoms with Gasteiger partial charge < -0.3 is 9.47 Å². The van der Waals surface area contributed by atoms with Crippen molar-refractivity contribution in [3.8, 4) is 0 Å². The average molecular weight is 377 g/mol. The van der Waals surface area contributed by atoms with E-state index in [0.717, 1.165) is 12.0 Å². The van der Waals surface area contributed by atoms with Crippen molar-refractivity contribution < 1.29 is 19.1 Å². The van der Waals surface area contributed by atoms with Crippen LogP contribution in [0.15, 0.2) is 30.3 Å². The normalized spacial score (nSPS) is 15.6. The lowest BCUT2D eigenvalue weighted by atomic mass is 9.72. The molecule has 0 saturated carbocycles. The molecule has 0 aromatic heterocycles. The number of benzene rings is 1. The monoisotopic (exact) mass is 376 g/mol. The Labute approximate surface area is 164 Å². The molecule has 0 bridgehead atoms. The molecular weight excluding hydrogens is 340 g/mol. The lowest BCUT2D eigenvalue weighted by Crippen LogP contribution is -2.41. The van der Waals surface area contributed by atoms with Crippen LogP contribution in [0.4, 0.5) is 0 Å². The zero-order valence-corrected chi connectivity index (χ0v) is 18.2. The first-order chi connectivity index (χ1) is 12.4. The van der Waals surface area contributed by atoms with Crippen molar-refractivity contribution in [2.45, 2.75) is 86.4 Å². The van der Waals surface area contributed by atoms with Gasteiger partial charge in [-0.2, -0.15) is 0 Å². The van der Waals surface area contributed by atoms with Crippen LogP contribution in [0.1, 0.15) is 80.2 Å². The summed E-state index contributed by atoms with van der Waals surface area (Å²) in [6.45, 7) is 15.1. The first-order valence-corrected chi connectivity index (χ1v) is 9.88. The van der Waals surface area contributed by atoms with Gasteiger partial charge in [0, 0.05) is 0 Å². The molecule has 1 rings (SSSR count). The Hall–Kier alpha value is -1.84. The van der Waals surface area contributed by atoms with E-state index in [4.69, 9.17) is 9.47 Å². The van der Waals surface area contributed by atoms with Crippen molar-refractivity contribution in [2.24, 2.45) is 10.8 Å². The summed E-state index contributed by atoms with van der Waals surface area (Å²) in [6, 6.07) is 9.67. The third kappa shape index (κ3) is 6.08. The minimum atomic E-state index is -0.814. The van der Waals surface area contributed by atoms with Crippen LogP contribution in [0.25, 0.3) is 0 Å². The summed E-state index contributed by atoms with van der Waals surface area (Å²) in [4.78, 5) is 25.7. The predicted molar refractivity (Wildman–Crippen MR) is 108 cm³/mol. The summed E-state index contributed by atoms with van der Waals surface area (Å²) in [5, 5.41) is 0. The number of ether oxygens (including phenoxy) is 2. The molecular formula is C23H36O4. The molecule has 0 N–H and O–H groups in total. The number of hydrogen-bond acceptors (Lipinski definition) is 4. The van der Waals surface area contributed by atoms with Crippen LogP contribution in [0.5, 0.6) is 0 Å². The van der Waals surface area contributed by atoms with Crippen molar-refractivity contribution in [2.75, 3.05) is 0 Å². The molecule has 4 nitrogen and oxygen atoms in total. The lowest BCUT2D eigenvalue weighted by Gasteiger charge is -2.36. The molecule has 0 aliphatic carbocycles. The Morgan fingerprint density at radius 3 is 2.00 bits per heavy atom. The summed E-state index contributed by atoms with van der Waals surface area (Å²) >= 11 is 0. The molecule has 2 unspecified atom stereocenters. The maximum Gasteiger partial charge on any atom is 0.312 e. The highest BCUT2D eigenvalue weighted by molar-refractivity contribution is 5.80. The first-order valence-electron chi connectivity index (χ1n) is 9.88. The van der Waals surface area contributed by atoms with E-state index in [0.29, 0.717) is 12.8 Å². The molecule has 27 heavy (non-hydrogen) atoms. The summed E-state index contributed by atoms with van der Waals surface area (Å²) < 4.78 is 11.4. The van der Waals surface area contributed by atoms with Crippen LogP contribution in [0.3, 0.4) is 0 Å². The quantitative estimate of drug-likeness (QED) is 0.523. The van der Waals surface area contributed by atoms with E-state index >= 15 is 0 Å². The molecule has 0 amide bonds. The molecule has 0 fully saturated rings. The van der Waals surface area contributed by atoms with Crippen molar-refractivity contribution in [1.82, 2.24) is 0 Å². The van der Waals surface area contributed by atoms with Gasteiger partial charge in [0.05, 0.1) is 16.9 Å². The third-order valence-corrected chi connectivity index (χ3v) is 5.36. The second-order valence-electron chi connectivity index (χ2n) is 8.86. The van der Waals surface area contributed by atoms with Gasteiger partial charge in [0.25, 0.3) is 0 Å². The molecule has 2 atom stereocenters. The molecule has 1 aromatic carbocycles. The fraction of sp³-hybridized carbons (Fsp3) is 0.652.